The molecule has 29 heavy (non-hydrogen) atoms. The fourth-order valence-corrected chi connectivity index (χ4v) is 2.56. The lowest BCUT2D eigenvalue weighted by molar-refractivity contribution is -0.137. The van der Waals surface area contributed by atoms with Gasteiger partial charge in [-0.1, -0.05) is 36.4 Å². The predicted molar refractivity (Wildman–Crippen MR) is 99.1 cm³/mol. The molecule has 3 aromatic rings. The van der Waals surface area contributed by atoms with Crippen LogP contribution in [0.5, 0.6) is 0 Å². The Hall–Kier alpha value is -3.14. The lowest BCUT2D eigenvalue weighted by atomic mass is 10.1. The summed E-state index contributed by atoms with van der Waals surface area (Å²) >= 11 is 0. The first-order valence-corrected chi connectivity index (χ1v) is 8.38. The van der Waals surface area contributed by atoms with E-state index in [-0.39, 0.29) is 5.76 Å². The Balaban J connectivity index is 0.00000145. The van der Waals surface area contributed by atoms with Crippen molar-refractivity contribution in [3.8, 4) is 11.3 Å². The van der Waals surface area contributed by atoms with Crippen molar-refractivity contribution in [3.05, 3.63) is 83.1 Å². The molecule has 2 aromatic carbocycles. The number of nitrogens with two attached hydrogens (primary N) is 1. The van der Waals surface area contributed by atoms with Crippen molar-refractivity contribution in [1.82, 2.24) is 5.32 Å². The molecule has 9 heteroatoms. The van der Waals surface area contributed by atoms with Gasteiger partial charge in [0.25, 0.3) is 0 Å². The molecule has 0 aliphatic carbocycles. The van der Waals surface area contributed by atoms with E-state index in [2.05, 4.69) is 11.2 Å². The van der Waals surface area contributed by atoms with E-state index < -0.39 is 17.7 Å². The van der Waals surface area contributed by atoms with E-state index >= 15 is 0 Å². The standard InChI is InChI=1S/C20H16F3NO3.H3NO/c21-20(22,23)16-7-3-14(4-8-16)12-24-11-13-1-5-15(6-2-13)17-9-10-18(27-17)19(25)26;1-2/h1-10,24H,11-12H2,(H,25,26);2H,1H2. The quantitative estimate of drug-likeness (QED) is 0.453. The Morgan fingerprint density at radius 2 is 1.41 bits per heavy atom. The number of carboxylic acid groups (broad SMARTS) is 1. The molecule has 0 saturated heterocycles. The van der Waals surface area contributed by atoms with Gasteiger partial charge in [-0.2, -0.15) is 13.2 Å². The molecule has 0 atom stereocenters. The van der Waals surface area contributed by atoms with Crippen molar-refractivity contribution in [1.29, 1.82) is 0 Å². The van der Waals surface area contributed by atoms with Gasteiger partial charge in [-0.05, 0) is 35.4 Å². The molecular formula is C20H19F3N2O4. The third-order valence-corrected chi connectivity index (χ3v) is 3.99. The number of benzene rings is 2. The molecule has 0 aliphatic heterocycles. The van der Waals surface area contributed by atoms with Crippen LogP contribution in [0.1, 0.15) is 27.2 Å². The number of aromatic carboxylic acids is 1. The number of carboxylic acids is 1. The largest absolute Gasteiger partial charge is 0.475 e. The van der Waals surface area contributed by atoms with E-state index in [1.807, 2.05) is 24.3 Å². The molecule has 1 heterocycles. The SMILES string of the molecule is NO.O=C(O)c1ccc(-c2ccc(CNCc3ccc(C(F)(F)F)cc3)cc2)o1. The van der Waals surface area contributed by atoms with Gasteiger partial charge in [0.05, 0.1) is 5.56 Å². The van der Waals surface area contributed by atoms with E-state index in [0.29, 0.717) is 18.8 Å². The van der Waals surface area contributed by atoms with Gasteiger partial charge in [-0.3, -0.25) is 0 Å². The van der Waals surface area contributed by atoms with Crippen LogP contribution < -0.4 is 11.2 Å². The Bertz CT molecular complexity index is 920. The summed E-state index contributed by atoms with van der Waals surface area (Å²) in [4.78, 5) is 10.8. The number of hydrogen-bond acceptors (Lipinski definition) is 5. The molecule has 0 amide bonds. The highest BCUT2D eigenvalue weighted by atomic mass is 19.4. The molecule has 0 bridgehead atoms. The summed E-state index contributed by atoms with van der Waals surface area (Å²) in [5.41, 5.74) is 1.84. The molecule has 0 aliphatic rings. The number of rotatable bonds is 6. The molecule has 154 valence electrons. The van der Waals surface area contributed by atoms with Crippen LogP contribution >= 0.6 is 0 Å². The summed E-state index contributed by atoms with van der Waals surface area (Å²) in [6, 6.07) is 15.4. The van der Waals surface area contributed by atoms with Gasteiger partial charge in [-0.15, -0.1) is 0 Å². The smallest absolute Gasteiger partial charge is 0.416 e. The maximum Gasteiger partial charge on any atom is 0.416 e. The van der Waals surface area contributed by atoms with Crippen molar-refractivity contribution >= 4 is 5.97 Å². The summed E-state index contributed by atoms with van der Waals surface area (Å²) in [5.74, 6) is 2.73. The Morgan fingerprint density at radius 1 is 0.897 bits per heavy atom. The second-order valence-electron chi connectivity index (χ2n) is 5.96. The van der Waals surface area contributed by atoms with Gasteiger partial charge < -0.3 is 20.0 Å². The fraction of sp³-hybridized carbons (Fsp3) is 0.150. The highest BCUT2D eigenvalue weighted by Crippen LogP contribution is 2.29. The van der Waals surface area contributed by atoms with Crippen molar-refractivity contribution < 1.29 is 32.7 Å². The van der Waals surface area contributed by atoms with E-state index in [1.165, 1.54) is 18.2 Å². The van der Waals surface area contributed by atoms with E-state index in [9.17, 15) is 18.0 Å². The van der Waals surface area contributed by atoms with Crippen LogP contribution in [0.25, 0.3) is 11.3 Å². The van der Waals surface area contributed by atoms with Gasteiger partial charge >= 0.3 is 12.1 Å². The molecule has 0 fully saturated rings. The van der Waals surface area contributed by atoms with E-state index in [0.717, 1.165) is 28.8 Å². The lowest BCUT2D eigenvalue weighted by Gasteiger charge is -2.09. The summed E-state index contributed by atoms with van der Waals surface area (Å²) in [7, 11) is 0. The lowest BCUT2D eigenvalue weighted by Crippen LogP contribution is -2.13. The van der Waals surface area contributed by atoms with Crippen LogP contribution in [0.3, 0.4) is 0 Å². The molecule has 0 unspecified atom stereocenters. The highest BCUT2D eigenvalue weighted by molar-refractivity contribution is 5.85. The number of furan rings is 1. The summed E-state index contributed by atoms with van der Waals surface area (Å²) in [6.45, 7) is 0.986. The summed E-state index contributed by atoms with van der Waals surface area (Å²) in [5, 5.41) is 18.5. The molecule has 6 nitrogen and oxygen atoms in total. The van der Waals surface area contributed by atoms with Gasteiger partial charge in [0.15, 0.2) is 0 Å². The Kier molecular flexibility index (Phi) is 7.54. The molecule has 0 saturated carbocycles. The molecule has 3 rings (SSSR count). The van der Waals surface area contributed by atoms with Crippen LogP contribution in [0.4, 0.5) is 13.2 Å². The topological polar surface area (TPSA) is 109 Å². The number of alkyl halides is 3. The van der Waals surface area contributed by atoms with Gasteiger partial charge in [0.1, 0.15) is 5.76 Å². The Morgan fingerprint density at radius 3 is 1.86 bits per heavy atom. The zero-order valence-corrected chi connectivity index (χ0v) is 15.1. The molecule has 1 aromatic heterocycles. The highest BCUT2D eigenvalue weighted by Gasteiger charge is 2.29. The molecule has 5 N–H and O–H groups in total. The summed E-state index contributed by atoms with van der Waals surface area (Å²) in [6.07, 6.45) is -4.33. The number of nitrogens with one attached hydrogen (secondary N) is 1. The van der Waals surface area contributed by atoms with Crippen molar-refractivity contribution in [3.63, 3.8) is 0 Å². The first-order valence-electron chi connectivity index (χ1n) is 8.38. The zero-order chi connectivity index (χ0) is 21.4. The number of halogens is 3. The van der Waals surface area contributed by atoms with Crippen LogP contribution in [-0.2, 0) is 19.3 Å². The van der Waals surface area contributed by atoms with Crippen LogP contribution in [-0.4, -0.2) is 16.3 Å². The third-order valence-electron chi connectivity index (χ3n) is 3.99. The van der Waals surface area contributed by atoms with Crippen LogP contribution in [0.15, 0.2) is 65.1 Å². The van der Waals surface area contributed by atoms with E-state index in [1.54, 1.807) is 6.07 Å². The summed E-state index contributed by atoms with van der Waals surface area (Å²) < 4.78 is 42.9. The Labute approximate surface area is 164 Å². The monoisotopic (exact) mass is 408 g/mol. The first-order chi connectivity index (χ1) is 13.8. The minimum Gasteiger partial charge on any atom is -0.475 e. The number of carbonyl (C=O) groups is 1. The van der Waals surface area contributed by atoms with E-state index in [4.69, 9.17) is 14.7 Å². The normalized spacial score (nSPS) is 10.9. The van der Waals surface area contributed by atoms with Gasteiger partial charge in [-0.25, -0.2) is 10.7 Å². The van der Waals surface area contributed by atoms with Gasteiger partial charge in [0, 0.05) is 18.7 Å². The van der Waals surface area contributed by atoms with Crippen molar-refractivity contribution in [2.45, 2.75) is 19.3 Å². The predicted octanol–water partition coefficient (Wildman–Crippen LogP) is 4.29. The molecule has 0 radical (unpaired) electrons. The average Bonchev–Trinajstić information content (AvgIpc) is 3.20. The van der Waals surface area contributed by atoms with Crippen LogP contribution in [0.2, 0.25) is 0 Å². The molecule has 0 spiro atoms. The van der Waals surface area contributed by atoms with Crippen molar-refractivity contribution in [2.24, 2.45) is 5.90 Å². The van der Waals surface area contributed by atoms with Gasteiger partial charge in [0.2, 0.25) is 5.76 Å². The van der Waals surface area contributed by atoms with Crippen molar-refractivity contribution in [2.75, 3.05) is 0 Å². The molecular weight excluding hydrogens is 389 g/mol. The third kappa shape index (κ3) is 6.18. The second kappa shape index (κ2) is 9.87. The first kappa shape index (κ1) is 22.2. The maximum atomic E-state index is 12.5. The average molecular weight is 408 g/mol. The minimum atomic E-state index is -4.33. The second-order valence-corrected chi connectivity index (χ2v) is 5.96. The minimum absolute atomic E-state index is 0.118. The van der Waals surface area contributed by atoms with Crippen LogP contribution in [0, 0.1) is 0 Å². The fourth-order valence-electron chi connectivity index (χ4n) is 2.56. The number of hydrogen-bond donors (Lipinski definition) is 4. The zero-order valence-electron chi connectivity index (χ0n) is 15.1. The maximum absolute atomic E-state index is 12.5.